The highest BCUT2D eigenvalue weighted by atomic mass is 32.1. The number of hydrogen-bond donors (Lipinski definition) is 0. The van der Waals surface area contributed by atoms with Gasteiger partial charge in [0.25, 0.3) is 0 Å². The molecule has 32 heavy (non-hydrogen) atoms. The number of nitrogens with zero attached hydrogens (tertiary/aromatic N) is 1. The molecule has 160 valence electrons. The molecule has 1 aliphatic heterocycles. The minimum absolute atomic E-state index is 0.376. The molecule has 2 nitrogen and oxygen atoms in total. The Labute approximate surface area is 194 Å². The fraction of sp³-hybridized carbons (Fsp3) is 0.172. The normalized spacial score (nSPS) is 14.0. The molecule has 1 aromatic heterocycles. The maximum atomic E-state index is 5.85. The highest BCUT2D eigenvalue weighted by molar-refractivity contribution is 7.14. The van der Waals surface area contributed by atoms with Gasteiger partial charge in [-0.25, -0.2) is 0 Å². The molecule has 0 aliphatic carbocycles. The van der Waals surface area contributed by atoms with Gasteiger partial charge in [-0.2, -0.15) is 0 Å². The van der Waals surface area contributed by atoms with Crippen molar-refractivity contribution in [1.82, 2.24) is 4.90 Å². The molecular weight excluding hydrogens is 410 g/mol. The van der Waals surface area contributed by atoms with Crippen LogP contribution in [-0.2, 0) is 18.5 Å². The number of hydrogen-bond acceptors (Lipinski definition) is 3. The van der Waals surface area contributed by atoms with Gasteiger partial charge in [-0.3, -0.25) is 4.90 Å². The van der Waals surface area contributed by atoms with Crippen LogP contribution >= 0.6 is 11.3 Å². The van der Waals surface area contributed by atoms with Crippen LogP contribution in [0.1, 0.15) is 34.1 Å². The molecule has 0 atom stereocenters. The Balaban J connectivity index is 1.69. The standard InChI is InChI=1S/C29H27NOS/c1-22(2)31-28-20-23-21-30(19-18-27(23)32-28)29(24-12-6-3-7-13-24,25-14-8-4-9-15-25)26-16-10-5-11-17-26/h3-17,20H,1,18-19,21H2,2H3. The SMILES string of the molecule is C=C(C)Oc1cc2c(s1)CCN(C(c1ccccc1)(c1ccccc1)c1ccccc1)C2. The van der Waals surface area contributed by atoms with Gasteiger partial charge in [0.15, 0.2) is 5.06 Å². The summed E-state index contributed by atoms with van der Waals surface area (Å²) in [7, 11) is 0. The third-order valence-electron chi connectivity index (χ3n) is 6.17. The van der Waals surface area contributed by atoms with Gasteiger partial charge in [-0.1, -0.05) is 97.6 Å². The molecule has 0 fully saturated rings. The molecule has 1 aliphatic rings. The first-order valence-corrected chi connectivity index (χ1v) is 11.9. The summed E-state index contributed by atoms with van der Waals surface area (Å²) in [6.07, 6.45) is 1.01. The van der Waals surface area contributed by atoms with Crippen LogP contribution in [0.3, 0.4) is 0 Å². The molecule has 0 bridgehead atoms. The third kappa shape index (κ3) is 3.68. The van der Waals surface area contributed by atoms with E-state index in [0.29, 0.717) is 0 Å². The summed E-state index contributed by atoms with van der Waals surface area (Å²) in [5, 5.41) is 0.939. The number of ether oxygens (including phenoxy) is 1. The topological polar surface area (TPSA) is 12.5 Å². The van der Waals surface area contributed by atoms with E-state index >= 15 is 0 Å². The van der Waals surface area contributed by atoms with Gasteiger partial charge in [0.2, 0.25) is 0 Å². The summed E-state index contributed by atoms with van der Waals surface area (Å²) in [6.45, 7) is 7.64. The monoisotopic (exact) mass is 437 g/mol. The van der Waals surface area contributed by atoms with Crippen LogP contribution in [0.2, 0.25) is 0 Å². The Morgan fingerprint density at radius 1 is 0.844 bits per heavy atom. The fourth-order valence-corrected chi connectivity index (χ4v) is 5.98. The van der Waals surface area contributed by atoms with E-state index < -0.39 is 0 Å². The maximum absolute atomic E-state index is 5.85. The van der Waals surface area contributed by atoms with E-state index in [1.54, 1.807) is 11.3 Å². The van der Waals surface area contributed by atoms with Crippen molar-refractivity contribution in [2.45, 2.75) is 25.4 Å². The van der Waals surface area contributed by atoms with Crippen molar-refractivity contribution in [3.63, 3.8) is 0 Å². The van der Waals surface area contributed by atoms with Crippen LogP contribution < -0.4 is 4.74 Å². The Morgan fingerprint density at radius 3 is 1.81 bits per heavy atom. The molecule has 3 heteroatoms. The second-order valence-corrected chi connectivity index (χ2v) is 9.40. The Hall–Kier alpha value is -3.14. The summed E-state index contributed by atoms with van der Waals surface area (Å²) in [4.78, 5) is 4.05. The lowest BCUT2D eigenvalue weighted by molar-refractivity contribution is 0.140. The third-order valence-corrected chi connectivity index (χ3v) is 7.28. The lowest BCUT2D eigenvalue weighted by Crippen LogP contribution is -2.49. The number of benzene rings is 3. The molecular formula is C29H27NOS. The molecule has 5 rings (SSSR count). The van der Waals surface area contributed by atoms with Gasteiger partial charge < -0.3 is 4.74 Å². The first kappa shape index (κ1) is 20.7. The van der Waals surface area contributed by atoms with Crippen LogP contribution in [0, 0.1) is 0 Å². The van der Waals surface area contributed by atoms with E-state index in [2.05, 4.69) is 109 Å². The van der Waals surface area contributed by atoms with Crippen LogP contribution in [0.25, 0.3) is 0 Å². The molecule has 0 amide bonds. The molecule has 3 aromatic carbocycles. The van der Waals surface area contributed by atoms with Gasteiger partial charge >= 0.3 is 0 Å². The zero-order valence-corrected chi connectivity index (χ0v) is 19.1. The van der Waals surface area contributed by atoms with Crippen LogP contribution in [-0.4, -0.2) is 11.4 Å². The summed E-state index contributed by atoms with van der Waals surface area (Å²) < 4.78 is 5.85. The molecule has 0 radical (unpaired) electrons. The molecule has 0 unspecified atom stereocenters. The smallest absolute Gasteiger partial charge is 0.180 e. The average Bonchev–Trinajstić information content (AvgIpc) is 3.23. The maximum Gasteiger partial charge on any atom is 0.180 e. The summed E-state index contributed by atoms with van der Waals surface area (Å²) in [5.74, 6) is 0.729. The summed E-state index contributed by atoms with van der Waals surface area (Å²) in [5.41, 5.74) is 4.84. The molecule has 0 saturated carbocycles. The van der Waals surface area contributed by atoms with Gasteiger partial charge in [0, 0.05) is 18.0 Å². The zero-order valence-electron chi connectivity index (χ0n) is 18.3. The minimum atomic E-state index is -0.376. The second kappa shape index (κ2) is 8.78. The fourth-order valence-electron chi connectivity index (χ4n) is 4.90. The van der Waals surface area contributed by atoms with Gasteiger partial charge in [0.1, 0.15) is 0 Å². The zero-order chi connectivity index (χ0) is 22.0. The molecule has 0 saturated heterocycles. The van der Waals surface area contributed by atoms with Crippen molar-refractivity contribution in [3.05, 3.63) is 137 Å². The van der Waals surface area contributed by atoms with E-state index in [4.69, 9.17) is 4.74 Å². The number of thiophene rings is 1. The molecule has 0 spiro atoms. The van der Waals surface area contributed by atoms with Gasteiger partial charge in [0.05, 0.1) is 11.3 Å². The van der Waals surface area contributed by atoms with E-state index in [9.17, 15) is 0 Å². The number of rotatable bonds is 6. The van der Waals surface area contributed by atoms with Crippen molar-refractivity contribution in [3.8, 4) is 5.06 Å². The van der Waals surface area contributed by atoms with E-state index in [0.717, 1.165) is 30.3 Å². The Kier molecular flexibility index (Phi) is 5.69. The molecule has 4 aromatic rings. The average molecular weight is 438 g/mol. The van der Waals surface area contributed by atoms with Gasteiger partial charge in [-0.15, -0.1) is 11.3 Å². The largest absolute Gasteiger partial charge is 0.452 e. The second-order valence-electron chi connectivity index (χ2n) is 8.30. The van der Waals surface area contributed by atoms with E-state index in [-0.39, 0.29) is 5.54 Å². The Morgan fingerprint density at radius 2 is 1.34 bits per heavy atom. The van der Waals surface area contributed by atoms with Crippen LogP contribution in [0.4, 0.5) is 0 Å². The van der Waals surface area contributed by atoms with E-state index in [1.165, 1.54) is 27.1 Å². The summed E-state index contributed by atoms with van der Waals surface area (Å²) in [6, 6.07) is 34.9. The van der Waals surface area contributed by atoms with Crippen LogP contribution in [0.5, 0.6) is 5.06 Å². The molecule has 2 heterocycles. The van der Waals surface area contributed by atoms with Crippen molar-refractivity contribution in [2.75, 3.05) is 6.54 Å². The lowest BCUT2D eigenvalue weighted by atomic mass is 9.74. The van der Waals surface area contributed by atoms with Gasteiger partial charge in [-0.05, 0) is 41.7 Å². The van der Waals surface area contributed by atoms with Crippen molar-refractivity contribution in [2.24, 2.45) is 0 Å². The predicted molar refractivity (Wildman–Crippen MR) is 133 cm³/mol. The first-order chi connectivity index (χ1) is 15.7. The van der Waals surface area contributed by atoms with Crippen molar-refractivity contribution in [1.29, 1.82) is 0 Å². The van der Waals surface area contributed by atoms with Crippen molar-refractivity contribution >= 4 is 11.3 Å². The first-order valence-electron chi connectivity index (χ1n) is 11.0. The molecule has 0 N–H and O–H groups in total. The number of allylic oxidation sites excluding steroid dienone is 1. The number of fused-ring (bicyclic) bond motifs is 1. The quantitative estimate of drug-likeness (QED) is 0.238. The van der Waals surface area contributed by atoms with Crippen LogP contribution in [0.15, 0.2) is 109 Å². The highest BCUT2D eigenvalue weighted by Crippen LogP contribution is 2.46. The summed E-state index contributed by atoms with van der Waals surface area (Å²) >= 11 is 1.75. The highest BCUT2D eigenvalue weighted by Gasteiger charge is 2.43. The predicted octanol–water partition coefficient (Wildman–Crippen LogP) is 7.01. The van der Waals surface area contributed by atoms with E-state index in [1.807, 2.05) is 6.92 Å². The lowest BCUT2D eigenvalue weighted by Gasteiger charge is -2.47. The minimum Gasteiger partial charge on any atom is -0.452 e. The Bertz CT molecular complexity index is 1100. The van der Waals surface area contributed by atoms with Crippen molar-refractivity contribution < 1.29 is 4.74 Å².